The molecule has 5 heteroatoms. The molecule has 0 saturated carbocycles. The molecule has 0 saturated heterocycles. The summed E-state index contributed by atoms with van der Waals surface area (Å²) >= 11 is 0. The molecular weight excluding hydrogens is 285 g/mol. The first-order valence-electron chi connectivity index (χ1n) is 7.09. The van der Waals surface area contributed by atoms with Crippen molar-refractivity contribution in [2.45, 2.75) is 13.2 Å². The Kier molecular flexibility index (Phi) is 6.18. The van der Waals surface area contributed by atoms with Gasteiger partial charge in [0.15, 0.2) is 11.5 Å². The van der Waals surface area contributed by atoms with Crippen molar-refractivity contribution in [2.75, 3.05) is 20.3 Å². The predicted molar refractivity (Wildman–Crippen MR) is 82.5 cm³/mol. The molecule has 2 aromatic carbocycles. The van der Waals surface area contributed by atoms with E-state index in [9.17, 15) is 4.39 Å². The first kappa shape index (κ1) is 16.3. The van der Waals surface area contributed by atoms with Gasteiger partial charge < -0.3 is 19.9 Å². The van der Waals surface area contributed by atoms with E-state index in [1.54, 1.807) is 25.3 Å². The van der Waals surface area contributed by atoms with Crippen LogP contribution >= 0.6 is 0 Å². The first-order valence-corrected chi connectivity index (χ1v) is 7.09. The number of methoxy groups -OCH3 is 1. The summed E-state index contributed by atoms with van der Waals surface area (Å²) in [4.78, 5) is 0. The number of aliphatic hydroxyl groups is 1. The van der Waals surface area contributed by atoms with Gasteiger partial charge in [0.05, 0.1) is 13.7 Å². The molecule has 2 aromatic rings. The van der Waals surface area contributed by atoms with Crippen molar-refractivity contribution in [2.24, 2.45) is 0 Å². The van der Waals surface area contributed by atoms with Crippen LogP contribution in [-0.4, -0.2) is 25.4 Å². The molecule has 0 heterocycles. The summed E-state index contributed by atoms with van der Waals surface area (Å²) in [5.41, 5.74) is 1.49. The molecular formula is C17H20FNO3. The van der Waals surface area contributed by atoms with Crippen molar-refractivity contribution in [1.82, 2.24) is 5.32 Å². The average Bonchev–Trinajstić information content (AvgIpc) is 2.54. The van der Waals surface area contributed by atoms with E-state index < -0.39 is 0 Å². The summed E-state index contributed by atoms with van der Waals surface area (Å²) in [6.45, 7) is 1.36. The van der Waals surface area contributed by atoms with Crippen molar-refractivity contribution in [3.63, 3.8) is 0 Å². The van der Waals surface area contributed by atoms with Gasteiger partial charge >= 0.3 is 0 Å². The lowest BCUT2D eigenvalue weighted by atomic mass is 10.2. The monoisotopic (exact) mass is 305 g/mol. The molecule has 0 aliphatic heterocycles. The maximum absolute atomic E-state index is 13.6. The first-order chi connectivity index (χ1) is 10.7. The molecule has 4 nitrogen and oxygen atoms in total. The Bertz CT molecular complexity index is 604. The van der Waals surface area contributed by atoms with Crippen LogP contribution in [0.4, 0.5) is 4.39 Å². The number of nitrogens with one attached hydrogen (secondary N) is 1. The molecule has 0 aliphatic rings. The van der Waals surface area contributed by atoms with Crippen LogP contribution in [0.15, 0.2) is 42.5 Å². The Balaban J connectivity index is 2.07. The summed E-state index contributed by atoms with van der Waals surface area (Å²) in [5, 5.41) is 11.9. The van der Waals surface area contributed by atoms with Crippen LogP contribution in [0.5, 0.6) is 11.5 Å². The SMILES string of the molecule is COc1ccc(CNCCO)cc1OCc1ccccc1F. The minimum Gasteiger partial charge on any atom is -0.493 e. The fourth-order valence-electron chi connectivity index (χ4n) is 2.03. The molecule has 2 rings (SSSR count). The van der Waals surface area contributed by atoms with Crippen LogP contribution in [0.25, 0.3) is 0 Å². The summed E-state index contributed by atoms with van der Waals surface area (Å²) in [5.74, 6) is 0.874. The normalized spacial score (nSPS) is 10.5. The van der Waals surface area contributed by atoms with Crippen molar-refractivity contribution in [3.8, 4) is 11.5 Å². The van der Waals surface area contributed by atoms with E-state index in [1.165, 1.54) is 6.07 Å². The van der Waals surface area contributed by atoms with Gasteiger partial charge in [-0.3, -0.25) is 0 Å². The molecule has 118 valence electrons. The predicted octanol–water partition coefficient (Wildman–Crippen LogP) is 2.50. The molecule has 0 aromatic heterocycles. The fourth-order valence-corrected chi connectivity index (χ4v) is 2.03. The standard InChI is InChI=1S/C17H20FNO3/c1-21-16-7-6-13(11-19-8-9-20)10-17(16)22-12-14-4-2-3-5-15(14)18/h2-7,10,19-20H,8-9,11-12H2,1H3. The van der Waals surface area contributed by atoms with Crippen molar-refractivity contribution < 1.29 is 19.0 Å². The Morgan fingerprint density at radius 2 is 1.95 bits per heavy atom. The average molecular weight is 305 g/mol. The van der Waals surface area contributed by atoms with E-state index in [2.05, 4.69) is 5.32 Å². The maximum atomic E-state index is 13.6. The van der Waals surface area contributed by atoms with E-state index in [1.807, 2.05) is 18.2 Å². The highest BCUT2D eigenvalue weighted by atomic mass is 19.1. The molecule has 0 unspecified atom stereocenters. The number of halogens is 1. The van der Waals surface area contributed by atoms with Gasteiger partial charge in [-0.2, -0.15) is 0 Å². The van der Waals surface area contributed by atoms with Crippen LogP contribution in [0.1, 0.15) is 11.1 Å². The minimum atomic E-state index is -0.290. The summed E-state index contributed by atoms with van der Waals surface area (Å²) < 4.78 is 24.6. The van der Waals surface area contributed by atoms with Crippen LogP contribution in [-0.2, 0) is 13.2 Å². The Morgan fingerprint density at radius 3 is 2.68 bits per heavy atom. The second-order valence-electron chi connectivity index (χ2n) is 4.77. The van der Waals surface area contributed by atoms with Gasteiger partial charge in [-0.05, 0) is 23.8 Å². The molecule has 0 atom stereocenters. The zero-order chi connectivity index (χ0) is 15.8. The van der Waals surface area contributed by atoms with E-state index in [0.717, 1.165) is 5.56 Å². The highest BCUT2D eigenvalue weighted by Crippen LogP contribution is 2.29. The van der Waals surface area contributed by atoms with Gasteiger partial charge in [0.1, 0.15) is 12.4 Å². The Hall–Kier alpha value is -2.11. The lowest BCUT2D eigenvalue weighted by Crippen LogP contribution is -2.17. The number of aliphatic hydroxyl groups excluding tert-OH is 1. The third-order valence-corrected chi connectivity index (χ3v) is 3.19. The number of benzene rings is 2. The topological polar surface area (TPSA) is 50.7 Å². The number of hydrogen-bond acceptors (Lipinski definition) is 4. The minimum absolute atomic E-state index is 0.0901. The summed E-state index contributed by atoms with van der Waals surface area (Å²) in [7, 11) is 1.56. The Labute approximate surface area is 129 Å². The van der Waals surface area contributed by atoms with E-state index in [-0.39, 0.29) is 19.0 Å². The third-order valence-electron chi connectivity index (χ3n) is 3.19. The highest BCUT2D eigenvalue weighted by Gasteiger charge is 2.08. The third kappa shape index (κ3) is 4.44. The van der Waals surface area contributed by atoms with E-state index in [0.29, 0.717) is 30.2 Å². The molecule has 22 heavy (non-hydrogen) atoms. The van der Waals surface area contributed by atoms with E-state index >= 15 is 0 Å². The van der Waals surface area contributed by atoms with Crippen LogP contribution in [0, 0.1) is 5.82 Å². The largest absolute Gasteiger partial charge is 0.493 e. The maximum Gasteiger partial charge on any atom is 0.161 e. The quantitative estimate of drug-likeness (QED) is 0.736. The van der Waals surface area contributed by atoms with Gasteiger partial charge in [0, 0.05) is 18.7 Å². The smallest absolute Gasteiger partial charge is 0.161 e. The summed E-state index contributed by atoms with van der Waals surface area (Å²) in [6.07, 6.45) is 0. The second-order valence-corrected chi connectivity index (χ2v) is 4.77. The molecule has 0 amide bonds. The van der Waals surface area contributed by atoms with Gasteiger partial charge in [0.2, 0.25) is 0 Å². The van der Waals surface area contributed by atoms with Gasteiger partial charge in [0.25, 0.3) is 0 Å². The van der Waals surface area contributed by atoms with Crippen LogP contribution in [0.3, 0.4) is 0 Å². The summed E-state index contributed by atoms with van der Waals surface area (Å²) in [6, 6.07) is 12.1. The second kappa shape index (κ2) is 8.36. The van der Waals surface area contributed by atoms with Crippen molar-refractivity contribution in [3.05, 3.63) is 59.4 Å². The fraction of sp³-hybridized carbons (Fsp3) is 0.294. The van der Waals surface area contributed by atoms with Crippen LogP contribution in [0.2, 0.25) is 0 Å². The molecule has 0 radical (unpaired) electrons. The van der Waals surface area contributed by atoms with Crippen molar-refractivity contribution in [1.29, 1.82) is 0 Å². The molecule has 0 fully saturated rings. The zero-order valence-corrected chi connectivity index (χ0v) is 12.5. The number of rotatable bonds is 8. The van der Waals surface area contributed by atoms with Gasteiger partial charge in [-0.25, -0.2) is 4.39 Å². The number of hydrogen-bond donors (Lipinski definition) is 2. The zero-order valence-electron chi connectivity index (χ0n) is 12.5. The van der Waals surface area contributed by atoms with Gasteiger partial charge in [-0.15, -0.1) is 0 Å². The van der Waals surface area contributed by atoms with Crippen molar-refractivity contribution >= 4 is 0 Å². The van der Waals surface area contributed by atoms with E-state index in [4.69, 9.17) is 14.6 Å². The molecule has 0 bridgehead atoms. The number of ether oxygens (including phenoxy) is 2. The lowest BCUT2D eigenvalue weighted by Gasteiger charge is -2.13. The molecule has 0 spiro atoms. The Morgan fingerprint density at radius 1 is 1.14 bits per heavy atom. The highest BCUT2D eigenvalue weighted by molar-refractivity contribution is 5.43. The molecule has 2 N–H and O–H groups in total. The molecule has 0 aliphatic carbocycles. The van der Waals surface area contributed by atoms with Gasteiger partial charge in [-0.1, -0.05) is 24.3 Å². The lowest BCUT2D eigenvalue weighted by molar-refractivity contribution is 0.279. The van der Waals surface area contributed by atoms with Crippen LogP contribution < -0.4 is 14.8 Å².